The van der Waals surface area contributed by atoms with Gasteiger partial charge >= 0.3 is 0 Å². The number of nitrogens with one attached hydrogen (secondary N) is 2. The second-order valence-electron chi connectivity index (χ2n) is 5.01. The van der Waals surface area contributed by atoms with Gasteiger partial charge in [-0.1, -0.05) is 12.1 Å². The summed E-state index contributed by atoms with van der Waals surface area (Å²) in [5, 5.41) is 9.22. The van der Waals surface area contributed by atoms with Crippen LogP contribution in [0.4, 0.5) is 8.78 Å². The number of H-pyrrole nitrogens is 1. The molecule has 2 aromatic rings. The number of aromatic nitrogens is 3. The number of benzene rings is 1. The van der Waals surface area contributed by atoms with Crippen molar-refractivity contribution in [3.8, 4) is 0 Å². The Kier molecular flexibility index (Phi) is 4.10. The molecular formula is C14H14F2N4O2. The molecule has 1 aromatic heterocycles. The first-order valence-electron chi connectivity index (χ1n) is 6.84. The van der Waals surface area contributed by atoms with E-state index in [1.54, 1.807) is 0 Å². The number of amides is 1. The van der Waals surface area contributed by atoms with Gasteiger partial charge in [-0.15, -0.1) is 0 Å². The molecule has 0 saturated carbocycles. The Labute approximate surface area is 124 Å². The lowest BCUT2D eigenvalue weighted by Gasteiger charge is -2.18. The molecule has 0 spiro atoms. The van der Waals surface area contributed by atoms with Crippen molar-refractivity contribution in [2.45, 2.75) is 25.0 Å². The van der Waals surface area contributed by atoms with E-state index in [1.807, 2.05) is 0 Å². The smallest absolute Gasteiger partial charge is 0.224 e. The van der Waals surface area contributed by atoms with Gasteiger partial charge in [0.25, 0.3) is 0 Å². The van der Waals surface area contributed by atoms with Crippen molar-refractivity contribution in [1.29, 1.82) is 0 Å². The van der Waals surface area contributed by atoms with Gasteiger partial charge in [0, 0.05) is 12.2 Å². The zero-order valence-electron chi connectivity index (χ0n) is 11.6. The molecular weight excluding hydrogens is 294 g/mol. The maximum Gasteiger partial charge on any atom is 0.224 e. The highest BCUT2D eigenvalue weighted by Crippen LogP contribution is 2.26. The van der Waals surface area contributed by atoms with Crippen molar-refractivity contribution in [2.24, 2.45) is 0 Å². The molecule has 1 saturated heterocycles. The van der Waals surface area contributed by atoms with Gasteiger partial charge < -0.3 is 10.1 Å². The lowest BCUT2D eigenvalue weighted by Crippen LogP contribution is -2.38. The van der Waals surface area contributed by atoms with Crippen LogP contribution in [-0.4, -0.2) is 33.7 Å². The van der Waals surface area contributed by atoms with Crippen LogP contribution in [0.1, 0.15) is 23.9 Å². The van der Waals surface area contributed by atoms with Crippen molar-refractivity contribution in [2.75, 3.05) is 6.61 Å². The zero-order chi connectivity index (χ0) is 15.5. The highest BCUT2D eigenvalue weighted by molar-refractivity contribution is 5.79. The van der Waals surface area contributed by atoms with Gasteiger partial charge in [-0.3, -0.25) is 9.89 Å². The molecule has 6 nitrogen and oxygen atoms in total. The highest BCUT2D eigenvalue weighted by atomic mass is 19.2. The van der Waals surface area contributed by atoms with E-state index in [2.05, 4.69) is 20.5 Å². The van der Waals surface area contributed by atoms with E-state index in [0.29, 0.717) is 18.9 Å². The average molecular weight is 308 g/mol. The summed E-state index contributed by atoms with van der Waals surface area (Å²) in [7, 11) is 0. The number of ether oxygens (including phenoxy) is 1. The molecule has 1 aromatic carbocycles. The molecule has 1 amide bonds. The van der Waals surface area contributed by atoms with Crippen LogP contribution < -0.4 is 5.32 Å². The summed E-state index contributed by atoms with van der Waals surface area (Å²) in [6, 6.07) is 3.49. The lowest BCUT2D eigenvalue weighted by molar-refractivity contribution is -0.121. The molecule has 0 unspecified atom stereocenters. The molecule has 2 heterocycles. The third kappa shape index (κ3) is 2.96. The van der Waals surface area contributed by atoms with Crippen molar-refractivity contribution in [3.63, 3.8) is 0 Å². The van der Waals surface area contributed by atoms with E-state index in [1.165, 1.54) is 18.5 Å². The summed E-state index contributed by atoms with van der Waals surface area (Å²) in [5.74, 6) is -1.83. The number of carbonyl (C=O) groups is 1. The quantitative estimate of drug-likeness (QED) is 0.891. The van der Waals surface area contributed by atoms with Gasteiger partial charge in [-0.25, -0.2) is 13.8 Å². The van der Waals surface area contributed by atoms with Gasteiger partial charge in [0.1, 0.15) is 12.4 Å². The number of carbonyl (C=O) groups excluding carboxylic acids is 1. The zero-order valence-corrected chi connectivity index (χ0v) is 11.6. The van der Waals surface area contributed by atoms with Crippen molar-refractivity contribution < 1.29 is 18.3 Å². The monoisotopic (exact) mass is 308 g/mol. The fraction of sp³-hybridized carbons (Fsp3) is 0.357. The van der Waals surface area contributed by atoms with E-state index >= 15 is 0 Å². The normalized spacial score (nSPS) is 21.0. The van der Waals surface area contributed by atoms with Gasteiger partial charge in [-0.05, 0) is 12.5 Å². The van der Waals surface area contributed by atoms with Crippen molar-refractivity contribution in [1.82, 2.24) is 20.5 Å². The lowest BCUT2D eigenvalue weighted by atomic mass is 10.1. The largest absolute Gasteiger partial charge is 0.368 e. The standard InChI is InChI=1S/C14H14F2N4O2/c15-9-3-1-2-8(12(9)16)6-11(21)19-10-4-5-22-13(10)14-17-7-18-20-14/h1-3,7,10,13H,4-6H2,(H,19,21)(H,17,18,20)/t10-,13+/m0/s1. The average Bonchev–Trinajstić information content (AvgIpc) is 3.14. The summed E-state index contributed by atoms with van der Waals surface area (Å²) >= 11 is 0. The van der Waals surface area contributed by atoms with Crippen LogP contribution in [0.5, 0.6) is 0 Å². The fourth-order valence-electron chi connectivity index (χ4n) is 2.47. The first-order chi connectivity index (χ1) is 10.6. The maximum atomic E-state index is 13.6. The minimum atomic E-state index is -0.993. The first kappa shape index (κ1) is 14.6. The van der Waals surface area contributed by atoms with Gasteiger partial charge in [-0.2, -0.15) is 5.10 Å². The van der Waals surface area contributed by atoms with Crippen molar-refractivity contribution in [3.05, 3.63) is 47.5 Å². The Balaban J connectivity index is 1.65. The number of aromatic amines is 1. The third-order valence-electron chi connectivity index (χ3n) is 3.52. The first-order valence-corrected chi connectivity index (χ1v) is 6.84. The Morgan fingerprint density at radius 2 is 2.32 bits per heavy atom. The maximum absolute atomic E-state index is 13.6. The van der Waals surface area contributed by atoms with Gasteiger partial charge in [0.15, 0.2) is 17.5 Å². The molecule has 116 valence electrons. The number of rotatable bonds is 4. The number of nitrogens with zero attached hydrogens (tertiary/aromatic N) is 2. The van der Waals surface area contributed by atoms with E-state index in [4.69, 9.17) is 4.74 Å². The van der Waals surface area contributed by atoms with Gasteiger partial charge in [0.2, 0.25) is 5.91 Å². The van der Waals surface area contributed by atoms with Crippen LogP contribution in [0.15, 0.2) is 24.5 Å². The van der Waals surface area contributed by atoms with Crippen LogP contribution in [0, 0.1) is 11.6 Å². The highest BCUT2D eigenvalue weighted by Gasteiger charge is 2.33. The summed E-state index contributed by atoms with van der Waals surface area (Å²) in [6.45, 7) is 0.477. The third-order valence-corrected chi connectivity index (χ3v) is 3.52. The van der Waals surface area contributed by atoms with Gasteiger partial charge in [0.05, 0.1) is 12.5 Å². The summed E-state index contributed by atoms with van der Waals surface area (Å²) in [5.41, 5.74) is 0.0210. The Bertz CT molecular complexity index is 663. The van der Waals surface area contributed by atoms with Crippen LogP contribution in [0.2, 0.25) is 0 Å². The number of hydrogen-bond acceptors (Lipinski definition) is 4. The summed E-state index contributed by atoms with van der Waals surface area (Å²) in [4.78, 5) is 16.1. The second-order valence-corrected chi connectivity index (χ2v) is 5.01. The predicted molar refractivity (Wildman–Crippen MR) is 71.7 cm³/mol. The fourth-order valence-corrected chi connectivity index (χ4v) is 2.47. The molecule has 0 radical (unpaired) electrons. The number of halogens is 2. The number of hydrogen-bond donors (Lipinski definition) is 2. The SMILES string of the molecule is O=C(Cc1cccc(F)c1F)N[C@H]1CCO[C@H]1c1ncn[nH]1. The van der Waals surface area contributed by atoms with E-state index in [0.717, 1.165) is 6.07 Å². The minimum Gasteiger partial charge on any atom is -0.368 e. The summed E-state index contributed by atoms with van der Waals surface area (Å²) < 4.78 is 32.2. The molecule has 1 fully saturated rings. The Hall–Kier alpha value is -2.35. The van der Waals surface area contributed by atoms with E-state index in [9.17, 15) is 13.6 Å². The Morgan fingerprint density at radius 1 is 1.45 bits per heavy atom. The molecule has 1 aliphatic rings. The molecule has 1 aliphatic heterocycles. The minimum absolute atomic E-state index is 0.0210. The molecule has 8 heteroatoms. The topological polar surface area (TPSA) is 79.9 Å². The van der Waals surface area contributed by atoms with E-state index in [-0.39, 0.29) is 18.0 Å². The van der Waals surface area contributed by atoms with Crippen LogP contribution in [0.25, 0.3) is 0 Å². The predicted octanol–water partition coefficient (Wildman–Crippen LogP) is 1.27. The molecule has 3 rings (SSSR count). The van der Waals surface area contributed by atoms with E-state index < -0.39 is 23.6 Å². The second kappa shape index (κ2) is 6.18. The molecule has 0 bridgehead atoms. The molecule has 2 N–H and O–H groups in total. The van der Waals surface area contributed by atoms with Crippen LogP contribution in [0.3, 0.4) is 0 Å². The van der Waals surface area contributed by atoms with Crippen molar-refractivity contribution >= 4 is 5.91 Å². The molecule has 0 aliphatic carbocycles. The molecule has 2 atom stereocenters. The Morgan fingerprint density at radius 3 is 3.09 bits per heavy atom. The van der Waals surface area contributed by atoms with Crippen LogP contribution in [-0.2, 0) is 16.0 Å². The van der Waals surface area contributed by atoms with Crippen LogP contribution >= 0.6 is 0 Å². The summed E-state index contributed by atoms with van der Waals surface area (Å²) in [6.07, 6.45) is 1.33. The molecule has 22 heavy (non-hydrogen) atoms.